The van der Waals surface area contributed by atoms with Gasteiger partial charge in [-0.3, -0.25) is 0 Å². The summed E-state index contributed by atoms with van der Waals surface area (Å²) < 4.78 is 22.5. The molecule has 0 spiro atoms. The molecule has 0 saturated carbocycles. The standard InChI is InChI=1S/C18H24N4O2S.HI/c1-3-20-18(22-13-16-6-4-5-14(2)11-16)21-12-15-7-9-17(10-8-15)25(19,23)24;/h4-11H,3,12-13H2,1-2H3,(H2,19,23,24)(H2,20,21,22);1H. The van der Waals surface area contributed by atoms with Gasteiger partial charge in [-0.05, 0) is 37.1 Å². The van der Waals surface area contributed by atoms with Crippen LogP contribution in [0.3, 0.4) is 0 Å². The third-order valence-corrected chi connectivity index (χ3v) is 4.49. The third kappa shape index (κ3) is 7.30. The molecule has 0 aliphatic heterocycles. The summed E-state index contributed by atoms with van der Waals surface area (Å²) in [5.74, 6) is 0.708. The number of sulfonamides is 1. The Kier molecular flexibility index (Phi) is 9.03. The Morgan fingerprint density at radius 2 is 1.77 bits per heavy atom. The van der Waals surface area contributed by atoms with E-state index in [9.17, 15) is 8.42 Å². The van der Waals surface area contributed by atoms with E-state index in [2.05, 4.69) is 34.7 Å². The molecule has 4 N–H and O–H groups in total. The molecule has 0 radical (unpaired) electrons. The lowest BCUT2D eigenvalue weighted by molar-refractivity contribution is 0.597. The van der Waals surface area contributed by atoms with Gasteiger partial charge in [-0.25, -0.2) is 18.5 Å². The first-order valence-electron chi connectivity index (χ1n) is 8.08. The molecule has 2 rings (SSSR count). The van der Waals surface area contributed by atoms with E-state index in [4.69, 9.17) is 5.14 Å². The minimum absolute atomic E-state index is 0. The summed E-state index contributed by atoms with van der Waals surface area (Å²) >= 11 is 0. The molecule has 0 amide bonds. The van der Waals surface area contributed by atoms with Gasteiger partial charge in [0.05, 0.1) is 11.4 Å². The van der Waals surface area contributed by atoms with Crippen LogP contribution in [-0.2, 0) is 23.1 Å². The highest BCUT2D eigenvalue weighted by molar-refractivity contribution is 14.0. The average Bonchev–Trinajstić information content (AvgIpc) is 2.57. The number of aliphatic imine (C=N–C) groups is 1. The Labute approximate surface area is 172 Å². The number of rotatable bonds is 6. The lowest BCUT2D eigenvalue weighted by atomic mass is 10.1. The van der Waals surface area contributed by atoms with E-state index in [1.807, 2.05) is 19.1 Å². The number of guanidine groups is 1. The van der Waals surface area contributed by atoms with Gasteiger partial charge in [0.1, 0.15) is 0 Å². The molecule has 142 valence electrons. The van der Waals surface area contributed by atoms with Gasteiger partial charge < -0.3 is 10.6 Å². The number of hydrogen-bond acceptors (Lipinski definition) is 3. The van der Waals surface area contributed by atoms with Gasteiger partial charge in [0.15, 0.2) is 5.96 Å². The number of halogens is 1. The molecule has 0 saturated heterocycles. The maximum atomic E-state index is 11.3. The molecule has 0 aromatic heterocycles. The van der Waals surface area contributed by atoms with Crippen molar-refractivity contribution in [2.45, 2.75) is 31.8 Å². The van der Waals surface area contributed by atoms with Crippen LogP contribution in [0.15, 0.2) is 58.4 Å². The highest BCUT2D eigenvalue weighted by Crippen LogP contribution is 2.09. The second-order valence-electron chi connectivity index (χ2n) is 5.73. The van der Waals surface area contributed by atoms with Gasteiger partial charge in [-0.2, -0.15) is 0 Å². The Balaban J connectivity index is 0.00000338. The molecular weight excluding hydrogens is 463 g/mol. The number of hydrogen-bond donors (Lipinski definition) is 3. The van der Waals surface area contributed by atoms with Crippen molar-refractivity contribution in [2.75, 3.05) is 6.54 Å². The number of primary sulfonamides is 1. The number of nitrogens with zero attached hydrogens (tertiary/aromatic N) is 1. The summed E-state index contributed by atoms with van der Waals surface area (Å²) in [5.41, 5.74) is 3.30. The molecule has 0 unspecified atom stereocenters. The maximum Gasteiger partial charge on any atom is 0.238 e. The quantitative estimate of drug-likeness (QED) is 0.331. The number of aryl methyl sites for hydroxylation is 1. The highest BCUT2D eigenvalue weighted by atomic mass is 127. The van der Waals surface area contributed by atoms with E-state index in [1.54, 1.807) is 12.1 Å². The summed E-state index contributed by atoms with van der Waals surface area (Å²) in [6, 6.07) is 14.7. The Hall–Kier alpha value is -1.65. The van der Waals surface area contributed by atoms with Crippen molar-refractivity contribution in [3.05, 3.63) is 65.2 Å². The molecule has 0 fully saturated rings. The van der Waals surface area contributed by atoms with E-state index in [0.717, 1.165) is 17.7 Å². The fourth-order valence-corrected chi connectivity index (χ4v) is 2.82. The van der Waals surface area contributed by atoms with Crippen LogP contribution in [-0.4, -0.2) is 20.9 Å². The predicted octanol–water partition coefficient (Wildman–Crippen LogP) is 2.52. The predicted molar refractivity (Wildman–Crippen MR) is 116 cm³/mol. The van der Waals surface area contributed by atoms with Crippen LogP contribution in [0.5, 0.6) is 0 Å². The summed E-state index contributed by atoms with van der Waals surface area (Å²) in [6.07, 6.45) is 0. The second kappa shape index (κ2) is 10.5. The third-order valence-electron chi connectivity index (χ3n) is 3.56. The van der Waals surface area contributed by atoms with E-state index in [0.29, 0.717) is 19.0 Å². The Morgan fingerprint density at radius 3 is 2.35 bits per heavy atom. The van der Waals surface area contributed by atoms with E-state index >= 15 is 0 Å². The van der Waals surface area contributed by atoms with Crippen LogP contribution in [0.4, 0.5) is 0 Å². The molecule has 2 aromatic rings. The zero-order chi connectivity index (χ0) is 18.3. The number of benzene rings is 2. The number of nitrogens with one attached hydrogen (secondary N) is 2. The fraction of sp³-hybridized carbons (Fsp3) is 0.278. The minimum Gasteiger partial charge on any atom is -0.357 e. The largest absolute Gasteiger partial charge is 0.357 e. The fourth-order valence-electron chi connectivity index (χ4n) is 2.31. The molecule has 0 aliphatic rings. The Morgan fingerprint density at radius 1 is 1.08 bits per heavy atom. The zero-order valence-electron chi connectivity index (χ0n) is 14.9. The summed E-state index contributed by atoms with van der Waals surface area (Å²) in [5, 5.41) is 11.5. The molecule has 2 aromatic carbocycles. The highest BCUT2D eigenvalue weighted by Gasteiger charge is 2.06. The van der Waals surface area contributed by atoms with Crippen LogP contribution in [0.2, 0.25) is 0 Å². The van der Waals surface area contributed by atoms with Gasteiger partial charge in [-0.1, -0.05) is 42.0 Å². The van der Waals surface area contributed by atoms with Crippen molar-refractivity contribution < 1.29 is 8.42 Å². The topological polar surface area (TPSA) is 96.6 Å². The molecule has 0 heterocycles. The van der Waals surface area contributed by atoms with Crippen molar-refractivity contribution in [3.63, 3.8) is 0 Å². The monoisotopic (exact) mass is 488 g/mol. The molecule has 6 nitrogen and oxygen atoms in total. The maximum absolute atomic E-state index is 11.3. The molecule has 0 atom stereocenters. The van der Waals surface area contributed by atoms with Gasteiger partial charge in [0.25, 0.3) is 0 Å². The van der Waals surface area contributed by atoms with Gasteiger partial charge in [0, 0.05) is 13.1 Å². The minimum atomic E-state index is -3.66. The molecule has 26 heavy (non-hydrogen) atoms. The first-order valence-corrected chi connectivity index (χ1v) is 9.62. The van der Waals surface area contributed by atoms with Crippen LogP contribution in [0.1, 0.15) is 23.6 Å². The summed E-state index contributed by atoms with van der Waals surface area (Å²) in [6.45, 7) is 5.93. The first kappa shape index (κ1) is 22.4. The van der Waals surface area contributed by atoms with E-state index in [1.165, 1.54) is 17.7 Å². The molecule has 0 bridgehead atoms. The molecular formula is C18H25IN4O2S. The smallest absolute Gasteiger partial charge is 0.238 e. The molecule has 8 heteroatoms. The summed E-state index contributed by atoms with van der Waals surface area (Å²) in [7, 11) is -3.66. The van der Waals surface area contributed by atoms with Crippen LogP contribution in [0.25, 0.3) is 0 Å². The van der Waals surface area contributed by atoms with Crippen LogP contribution in [0, 0.1) is 6.92 Å². The lowest BCUT2D eigenvalue weighted by Crippen LogP contribution is -2.36. The average molecular weight is 488 g/mol. The van der Waals surface area contributed by atoms with Gasteiger partial charge in [0.2, 0.25) is 10.0 Å². The van der Waals surface area contributed by atoms with Crippen LogP contribution >= 0.6 is 24.0 Å². The summed E-state index contributed by atoms with van der Waals surface area (Å²) in [4.78, 5) is 4.68. The normalized spacial score (nSPS) is 11.6. The second-order valence-corrected chi connectivity index (χ2v) is 7.29. The lowest BCUT2D eigenvalue weighted by Gasteiger charge is -2.12. The SMILES string of the molecule is CCNC(=NCc1cccc(C)c1)NCc1ccc(S(N)(=O)=O)cc1.I. The van der Waals surface area contributed by atoms with E-state index in [-0.39, 0.29) is 28.9 Å². The van der Waals surface area contributed by atoms with Crippen molar-refractivity contribution >= 4 is 40.0 Å². The van der Waals surface area contributed by atoms with Crippen LogP contribution < -0.4 is 15.8 Å². The van der Waals surface area contributed by atoms with Gasteiger partial charge >= 0.3 is 0 Å². The first-order chi connectivity index (χ1) is 11.9. The van der Waals surface area contributed by atoms with Gasteiger partial charge in [-0.15, -0.1) is 24.0 Å². The van der Waals surface area contributed by atoms with E-state index < -0.39 is 10.0 Å². The molecule has 0 aliphatic carbocycles. The zero-order valence-corrected chi connectivity index (χ0v) is 18.0. The van der Waals surface area contributed by atoms with Crippen molar-refractivity contribution in [3.8, 4) is 0 Å². The van der Waals surface area contributed by atoms with Crippen molar-refractivity contribution in [1.29, 1.82) is 0 Å². The van der Waals surface area contributed by atoms with Crippen molar-refractivity contribution in [2.24, 2.45) is 10.1 Å². The van der Waals surface area contributed by atoms with Crippen molar-refractivity contribution in [1.82, 2.24) is 10.6 Å². The number of nitrogens with two attached hydrogens (primary N) is 1. The Bertz CT molecular complexity index is 837.